The third-order valence-corrected chi connectivity index (χ3v) is 7.42. The van der Waals surface area contributed by atoms with Crippen LogP contribution in [0.3, 0.4) is 0 Å². The number of amides is 2. The molecular weight excluding hydrogens is 410 g/mol. The summed E-state index contributed by atoms with van der Waals surface area (Å²) in [5.74, 6) is -1.07. The molecule has 2 aromatic carbocycles. The van der Waals surface area contributed by atoms with Gasteiger partial charge in [0.2, 0.25) is 5.91 Å². The molecule has 2 aliphatic rings. The molecule has 0 radical (unpaired) electrons. The van der Waals surface area contributed by atoms with Gasteiger partial charge in [0.1, 0.15) is 0 Å². The molecule has 4 rings (SSSR count). The van der Waals surface area contributed by atoms with Crippen molar-refractivity contribution in [2.45, 2.75) is 37.9 Å². The van der Waals surface area contributed by atoms with Gasteiger partial charge in [-0.3, -0.25) is 9.59 Å². The summed E-state index contributed by atoms with van der Waals surface area (Å²) in [7, 11) is 0. The predicted octanol–water partition coefficient (Wildman–Crippen LogP) is 3.21. The van der Waals surface area contributed by atoms with Gasteiger partial charge in [-0.15, -0.1) is 0 Å². The van der Waals surface area contributed by atoms with Crippen LogP contribution in [0.25, 0.3) is 0 Å². The van der Waals surface area contributed by atoms with Crippen molar-refractivity contribution in [2.75, 3.05) is 6.54 Å². The van der Waals surface area contributed by atoms with Gasteiger partial charge in [0.15, 0.2) is 5.50 Å². The molecule has 0 bridgehead atoms. The highest BCUT2D eigenvalue weighted by Gasteiger charge is 2.43. The first kappa shape index (κ1) is 21.5. The van der Waals surface area contributed by atoms with E-state index in [1.807, 2.05) is 67.6 Å². The molecule has 2 amide bonds. The number of aliphatic hydroxyl groups is 1. The normalized spacial score (nSPS) is 22.7. The summed E-state index contributed by atoms with van der Waals surface area (Å²) in [6.45, 7) is 3.02. The first-order valence-electron chi connectivity index (χ1n) is 10.5. The number of likely N-dealkylation sites (tertiary alicyclic amines) is 1. The van der Waals surface area contributed by atoms with E-state index in [4.69, 9.17) is 5.73 Å². The van der Waals surface area contributed by atoms with Crippen molar-refractivity contribution in [1.82, 2.24) is 9.80 Å². The summed E-state index contributed by atoms with van der Waals surface area (Å²) in [6, 6.07) is 19.3. The average Bonchev–Trinajstić information content (AvgIpc) is 3.11. The zero-order valence-corrected chi connectivity index (χ0v) is 18.3. The number of aliphatic hydroxyl groups excluding tert-OH is 1. The molecule has 7 heteroatoms. The quantitative estimate of drug-likeness (QED) is 0.725. The van der Waals surface area contributed by atoms with Crippen molar-refractivity contribution in [3.63, 3.8) is 0 Å². The summed E-state index contributed by atoms with van der Waals surface area (Å²) in [4.78, 5) is 29.9. The molecule has 6 nitrogen and oxygen atoms in total. The summed E-state index contributed by atoms with van der Waals surface area (Å²) in [5, 5.41) is 10.9. The lowest BCUT2D eigenvalue weighted by Crippen LogP contribution is -2.52. The summed E-state index contributed by atoms with van der Waals surface area (Å²) >= 11 is 1.33. The van der Waals surface area contributed by atoms with E-state index < -0.39 is 17.9 Å². The van der Waals surface area contributed by atoms with Gasteiger partial charge in [-0.25, -0.2) is 0 Å². The van der Waals surface area contributed by atoms with E-state index in [9.17, 15) is 14.7 Å². The Morgan fingerprint density at radius 1 is 1.16 bits per heavy atom. The van der Waals surface area contributed by atoms with Crippen molar-refractivity contribution < 1.29 is 14.7 Å². The van der Waals surface area contributed by atoms with Crippen molar-refractivity contribution in [2.24, 2.45) is 11.7 Å². The second-order valence-corrected chi connectivity index (χ2v) is 9.04. The number of rotatable bonds is 6. The Labute approximate surface area is 186 Å². The lowest BCUT2D eigenvalue weighted by atomic mass is 9.88. The molecule has 3 unspecified atom stereocenters. The first-order chi connectivity index (χ1) is 15.0. The Morgan fingerprint density at radius 2 is 1.81 bits per heavy atom. The molecule has 3 atom stereocenters. The third-order valence-electron chi connectivity index (χ3n) is 5.97. The highest BCUT2D eigenvalue weighted by atomic mass is 32.2. The largest absolute Gasteiger partial charge is 0.388 e. The summed E-state index contributed by atoms with van der Waals surface area (Å²) in [6.07, 6.45) is 0.577. The van der Waals surface area contributed by atoms with Crippen molar-refractivity contribution in [1.29, 1.82) is 0 Å². The minimum Gasteiger partial charge on any atom is -0.388 e. The number of nitrogens with two attached hydrogens (primary N) is 1. The minimum atomic E-state index is -0.852. The maximum Gasteiger partial charge on any atom is 0.257 e. The highest BCUT2D eigenvalue weighted by Crippen LogP contribution is 2.43. The minimum absolute atomic E-state index is 0.0864. The van der Waals surface area contributed by atoms with Gasteiger partial charge in [0.05, 0.1) is 16.9 Å². The van der Waals surface area contributed by atoms with Crippen LogP contribution >= 0.6 is 11.8 Å². The van der Waals surface area contributed by atoms with Gasteiger partial charge in [0.25, 0.3) is 5.91 Å². The zero-order valence-electron chi connectivity index (χ0n) is 17.5. The van der Waals surface area contributed by atoms with Gasteiger partial charge in [-0.2, -0.15) is 0 Å². The second-order valence-electron chi connectivity index (χ2n) is 7.97. The Bertz CT molecular complexity index is 980. The lowest BCUT2D eigenvalue weighted by molar-refractivity contribution is -0.146. The first-order valence-corrected chi connectivity index (χ1v) is 11.4. The molecule has 0 aromatic heterocycles. The zero-order chi connectivity index (χ0) is 22.0. The third kappa shape index (κ3) is 4.34. The van der Waals surface area contributed by atoms with Crippen LogP contribution < -0.4 is 5.73 Å². The van der Waals surface area contributed by atoms with Crippen molar-refractivity contribution in [3.8, 4) is 0 Å². The van der Waals surface area contributed by atoms with Crippen LogP contribution in [-0.2, 0) is 16.1 Å². The molecule has 162 valence electrons. The van der Waals surface area contributed by atoms with E-state index in [1.54, 1.807) is 4.90 Å². The van der Waals surface area contributed by atoms with E-state index in [0.717, 1.165) is 23.2 Å². The number of hydrogen-bond acceptors (Lipinski definition) is 5. The van der Waals surface area contributed by atoms with Crippen LogP contribution in [-0.4, -0.2) is 38.8 Å². The molecule has 31 heavy (non-hydrogen) atoms. The number of carbonyl (C=O) groups is 2. The maximum absolute atomic E-state index is 13.5. The smallest absolute Gasteiger partial charge is 0.257 e. The van der Waals surface area contributed by atoms with Crippen LogP contribution in [0.15, 0.2) is 71.3 Å². The van der Waals surface area contributed by atoms with Gasteiger partial charge in [-0.1, -0.05) is 72.4 Å². The number of primary amides is 1. The van der Waals surface area contributed by atoms with Crippen molar-refractivity contribution in [3.05, 3.63) is 82.4 Å². The molecule has 1 saturated heterocycles. The number of hydrogen-bond donors (Lipinski definition) is 2. The maximum atomic E-state index is 13.5. The number of thioether (sulfide) groups is 1. The van der Waals surface area contributed by atoms with E-state index in [-0.39, 0.29) is 11.4 Å². The van der Waals surface area contributed by atoms with Crippen LogP contribution in [0, 0.1) is 5.92 Å². The molecule has 2 aromatic rings. The summed E-state index contributed by atoms with van der Waals surface area (Å²) in [5.41, 5.74) is 7.89. The molecule has 2 heterocycles. The highest BCUT2D eigenvalue weighted by molar-refractivity contribution is 8.04. The monoisotopic (exact) mass is 437 g/mol. The SMILES string of the molecule is CC1=C(C(N)=O)SC(N2CCCC(C(O)c3ccccc3)C2=O)N1Cc1ccccc1. The van der Waals surface area contributed by atoms with Crippen LogP contribution in [0.2, 0.25) is 0 Å². The number of benzene rings is 2. The lowest BCUT2D eigenvalue weighted by Gasteiger charge is -2.41. The Morgan fingerprint density at radius 3 is 2.45 bits per heavy atom. The van der Waals surface area contributed by atoms with Crippen molar-refractivity contribution >= 4 is 23.6 Å². The van der Waals surface area contributed by atoms with E-state index in [0.29, 0.717) is 24.4 Å². The molecule has 0 spiro atoms. The number of allylic oxidation sites excluding steroid dienone is 1. The standard InChI is InChI=1S/C24H27N3O3S/c1-16-21(22(25)29)31-24(27(16)15-17-9-4-2-5-10-17)26-14-8-13-19(23(26)30)20(28)18-11-6-3-7-12-18/h2-7,9-12,19-20,24,28H,8,13-15H2,1H3,(H2,25,29). The van der Waals surface area contributed by atoms with E-state index in [2.05, 4.69) is 4.90 Å². The molecular formula is C24H27N3O3S. The van der Waals surface area contributed by atoms with Crippen LogP contribution in [0.4, 0.5) is 0 Å². The Kier molecular flexibility index (Phi) is 6.34. The van der Waals surface area contributed by atoms with Gasteiger partial charge in [0, 0.05) is 18.8 Å². The number of carbonyl (C=O) groups excluding carboxylic acids is 2. The van der Waals surface area contributed by atoms with E-state index in [1.165, 1.54) is 11.8 Å². The van der Waals surface area contributed by atoms with Gasteiger partial charge >= 0.3 is 0 Å². The number of piperidine rings is 1. The van der Waals surface area contributed by atoms with E-state index >= 15 is 0 Å². The molecule has 3 N–H and O–H groups in total. The second kappa shape index (κ2) is 9.16. The van der Waals surface area contributed by atoms with Gasteiger partial charge < -0.3 is 20.6 Å². The fourth-order valence-corrected chi connectivity index (χ4v) is 5.63. The predicted molar refractivity (Wildman–Crippen MR) is 121 cm³/mol. The average molecular weight is 438 g/mol. The molecule has 0 aliphatic carbocycles. The number of nitrogens with zero attached hydrogens (tertiary/aromatic N) is 2. The molecule has 0 saturated carbocycles. The van der Waals surface area contributed by atoms with Crippen LogP contribution in [0.5, 0.6) is 0 Å². The van der Waals surface area contributed by atoms with Crippen LogP contribution in [0.1, 0.15) is 37.0 Å². The fraction of sp³-hybridized carbons (Fsp3) is 0.333. The fourth-order valence-electron chi connectivity index (χ4n) is 4.32. The van der Waals surface area contributed by atoms with Gasteiger partial charge in [-0.05, 0) is 30.9 Å². The summed E-state index contributed by atoms with van der Waals surface area (Å²) < 4.78 is 0. The Balaban J connectivity index is 1.60. The molecule has 2 aliphatic heterocycles. The Hall–Kier alpha value is -2.77. The topological polar surface area (TPSA) is 86.9 Å². The molecule has 1 fully saturated rings.